The zero-order valence-electron chi connectivity index (χ0n) is 6.69. The van der Waals surface area contributed by atoms with E-state index in [-0.39, 0.29) is 5.62 Å². The first kappa shape index (κ1) is 7.66. The lowest BCUT2D eigenvalue weighted by Crippen LogP contribution is -2.29. The number of rotatable bonds is 1. The first-order valence-corrected chi connectivity index (χ1v) is 3.68. The van der Waals surface area contributed by atoms with Crippen molar-refractivity contribution in [1.82, 2.24) is 14.5 Å². The van der Waals surface area contributed by atoms with Crippen LogP contribution in [0, 0.1) is 5.41 Å². The van der Waals surface area contributed by atoms with E-state index < -0.39 is 0 Å². The Bertz CT molecular complexity index is 433. The number of nitrogens with one attached hydrogen (secondary N) is 2. The molecular formula is C7H7N5O. The summed E-state index contributed by atoms with van der Waals surface area (Å²) in [6.45, 7) is 0.353. The number of hydrogen-bond donors (Lipinski definition) is 2. The van der Waals surface area contributed by atoms with Crippen LogP contribution in [0.3, 0.4) is 0 Å². The maximum atomic E-state index is 10.5. The zero-order chi connectivity index (χ0) is 9.26. The van der Waals surface area contributed by atoms with E-state index in [0.717, 1.165) is 6.29 Å². The molecule has 6 nitrogen and oxygen atoms in total. The molecule has 1 aromatic heterocycles. The van der Waals surface area contributed by atoms with Crippen molar-refractivity contribution in [2.45, 2.75) is 6.54 Å². The summed E-state index contributed by atoms with van der Waals surface area (Å²) in [5.41, 5.74) is 0.658. The fraction of sp³-hybridized carbons (Fsp3) is 0.143. The van der Waals surface area contributed by atoms with Crippen molar-refractivity contribution in [2.24, 2.45) is 0 Å². The number of anilines is 1. The molecule has 0 bridgehead atoms. The Labute approximate surface area is 73.5 Å². The molecule has 0 aliphatic carbocycles. The van der Waals surface area contributed by atoms with Gasteiger partial charge < -0.3 is 5.32 Å². The summed E-state index contributed by atoms with van der Waals surface area (Å²) in [6.07, 6.45) is 3.63. The molecule has 0 spiro atoms. The summed E-state index contributed by atoms with van der Waals surface area (Å²) in [4.78, 5) is 18.1. The van der Waals surface area contributed by atoms with Crippen LogP contribution in [0.5, 0.6) is 0 Å². The second-order valence-electron chi connectivity index (χ2n) is 2.59. The van der Waals surface area contributed by atoms with E-state index in [1.54, 1.807) is 6.20 Å². The standard InChI is InChI=1S/C7H7N5O/c8-6-10-4-11-7-9-1-5(3-13)2-12(6)7/h1,3-4H,2H2,(H2,8,9,10,11). The molecule has 2 heterocycles. The summed E-state index contributed by atoms with van der Waals surface area (Å²) in [5, 5.41) is 10.2. The number of allylic oxidation sites excluding steroid dienone is 1. The predicted molar refractivity (Wildman–Crippen MR) is 43.6 cm³/mol. The molecular weight excluding hydrogens is 170 g/mol. The quantitative estimate of drug-likeness (QED) is 0.554. The van der Waals surface area contributed by atoms with Gasteiger partial charge in [0.25, 0.3) is 0 Å². The Morgan fingerprint density at radius 1 is 1.62 bits per heavy atom. The van der Waals surface area contributed by atoms with E-state index in [4.69, 9.17) is 5.41 Å². The third-order valence-electron chi connectivity index (χ3n) is 1.75. The molecule has 0 fully saturated rings. The molecule has 2 rings (SSSR count). The van der Waals surface area contributed by atoms with Crippen LogP contribution in [0.15, 0.2) is 18.1 Å². The van der Waals surface area contributed by atoms with Crippen molar-refractivity contribution in [3.05, 3.63) is 23.7 Å². The third-order valence-corrected chi connectivity index (χ3v) is 1.75. The molecule has 0 amide bonds. The monoisotopic (exact) mass is 177 g/mol. The van der Waals surface area contributed by atoms with Crippen LogP contribution in [0.4, 0.5) is 5.95 Å². The van der Waals surface area contributed by atoms with Gasteiger partial charge in [0.15, 0.2) is 0 Å². The topological polar surface area (TPSA) is 83.7 Å². The van der Waals surface area contributed by atoms with Gasteiger partial charge in [0, 0.05) is 11.8 Å². The number of aromatic nitrogens is 3. The Morgan fingerprint density at radius 3 is 3.23 bits per heavy atom. The smallest absolute Gasteiger partial charge is 0.226 e. The van der Waals surface area contributed by atoms with E-state index in [1.807, 2.05) is 0 Å². The fourth-order valence-corrected chi connectivity index (χ4v) is 1.10. The molecule has 0 atom stereocenters. The van der Waals surface area contributed by atoms with E-state index in [0.29, 0.717) is 18.1 Å². The molecule has 13 heavy (non-hydrogen) atoms. The Kier molecular flexibility index (Phi) is 1.66. The number of fused-ring (bicyclic) bond motifs is 1. The van der Waals surface area contributed by atoms with Crippen LogP contribution in [0.25, 0.3) is 0 Å². The average Bonchev–Trinajstić information content (AvgIpc) is 2.18. The highest BCUT2D eigenvalue weighted by molar-refractivity contribution is 5.74. The maximum Gasteiger partial charge on any atom is 0.226 e. The number of carbonyl (C=O) groups is 1. The molecule has 0 radical (unpaired) electrons. The minimum absolute atomic E-state index is 0.0879. The molecule has 6 heteroatoms. The Balaban J connectivity index is 2.50. The van der Waals surface area contributed by atoms with Crippen LogP contribution < -0.4 is 10.9 Å². The number of nitrogens with zero attached hydrogens (tertiary/aromatic N) is 3. The highest BCUT2D eigenvalue weighted by Gasteiger charge is 2.09. The summed E-state index contributed by atoms with van der Waals surface area (Å²) in [6, 6.07) is 0. The second-order valence-corrected chi connectivity index (χ2v) is 2.59. The van der Waals surface area contributed by atoms with Gasteiger partial charge in [-0.3, -0.25) is 14.8 Å². The summed E-state index contributed by atoms with van der Waals surface area (Å²) in [5.74, 6) is 0.533. The lowest BCUT2D eigenvalue weighted by atomic mass is 10.3. The van der Waals surface area contributed by atoms with Crippen LogP contribution in [-0.2, 0) is 11.3 Å². The van der Waals surface area contributed by atoms with Crippen LogP contribution in [0.2, 0.25) is 0 Å². The van der Waals surface area contributed by atoms with E-state index >= 15 is 0 Å². The van der Waals surface area contributed by atoms with Gasteiger partial charge in [-0.15, -0.1) is 0 Å². The lowest BCUT2D eigenvalue weighted by Gasteiger charge is -2.15. The molecule has 66 valence electrons. The van der Waals surface area contributed by atoms with Crippen molar-refractivity contribution in [3.63, 3.8) is 0 Å². The molecule has 0 aromatic carbocycles. The first-order chi connectivity index (χ1) is 6.31. The maximum absolute atomic E-state index is 10.5. The second kappa shape index (κ2) is 2.81. The van der Waals surface area contributed by atoms with Crippen LogP contribution >= 0.6 is 0 Å². The minimum atomic E-state index is 0.0879. The summed E-state index contributed by atoms with van der Waals surface area (Å²) < 4.78 is 1.52. The minimum Gasteiger partial charge on any atom is -0.332 e. The fourth-order valence-electron chi connectivity index (χ4n) is 1.10. The van der Waals surface area contributed by atoms with Gasteiger partial charge in [-0.25, -0.2) is 9.97 Å². The third kappa shape index (κ3) is 1.22. The zero-order valence-corrected chi connectivity index (χ0v) is 6.69. The molecule has 2 N–H and O–H groups in total. The molecule has 0 saturated carbocycles. The normalized spacial score (nSPS) is 14.0. The highest BCUT2D eigenvalue weighted by atomic mass is 16.1. The van der Waals surface area contributed by atoms with E-state index in [1.165, 1.54) is 10.9 Å². The van der Waals surface area contributed by atoms with Gasteiger partial charge in [-0.1, -0.05) is 0 Å². The van der Waals surface area contributed by atoms with Crippen molar-refractivity contribution in [3.8, 4) is 0 Å². The van der Waals surface area contributed by atoms with E-state index in [2.05, 4.69) is 15.3 Å². The molecule has 0 saturated heterocycles. The number of carbonyl (C=O) groups excluding carboxylic acids is 1. The van der Waals surface area contributed by atoms with Gasteiger partial charge in [-0.2, -0.15) is 0 Å². The van der Waals surface area contributed by atoms with Crippen molar-refractivity contribution < 1.29 is 4.79 Å². The Hall–Kier alpha value is -1.98. The summed E-state index contributed by atoms with van der Waals surface area (Å²) >= 11 is 0. The first-order valence-electron chi connectivity index (χ1n) is 3.68. The number of hydrogen-bond acceptors (Lipinski definition) is 5. The molecule has 1 aromatic rings. The van der Waals surface area contributed by atoms with Gasteiger partial charge in [0.1, 0.15) is 12.6 Å². The van der Waals surface area contributed by atoms with Crippen molar-refractivity contribution in [2.75, 3.05) is 5.32 Å². The highest BCUT2D eigenvalue weighted by Crippen LogP contribution is 2.07. The SMILES string of the molecule is N=c1ncnc2n1CC(C=O)=CN2. The van der Waals surface area contributed by atoms with Crippen LogP contribution in [0.1, 0.15) is 0 Å². The van der Waals surface area contributed by atoms with Gasteiger partial charge in [0.2, 0.25) is 11.6 Å². The molecule has 0 unspecified atom stereocenters. The largest absolute Gasteiger partial charge is 0.332 e. The summed E-state index contributed by atoms with van der Waals surface area (Å²) in [7, 11) is 0. The van der Waals surface area contributed by atoms with Gasteiger partial charge in [-0.05, 0) is 0 Å². The van der Waals surface area contributed by atoms with Crippen molar-refractivity contribution in [1.29, 1.82) is 5.41 Å². The average molecular weight is 177 g/mol. The lowest BCUT2D eigenvalue weighted by molar-refractivity contribution is -0.105. The van der Waals surface area contributed by atoms with Gasteiger partial charge >= 0.3 is 0 Å². The van der Waals surface area contributed by atoms with Crippen LogP contribution in [-0.4, -0.2) is 20.8 Å². The van der Waals surface area contributed by atoms with Crippen molar-refractivity contribution >= 4 is 12.2 Å². The van der Waals surface area contributed by atoms with Gasteiger partial charge in [0.05, 0.1) is 6.54 Å². The number of aldehydes is 1. The predicted octanol–water partition coefficient (Wildman–Crippen LogP) is -0.734. The molecule has 1 aliphatic rings. The molecule has 1 aliphatic heterocycles. The van der Waals surface area contributed by atoms with E-state index in [9.17, 15) is 4.79 Å². The Morgan fingerprint density at radius 2 is 2.46 bits per heavy atom.